The maximum absolute atomic E-state index is 6.02. The molecule has 1 atom stereocenters. The Morgan fingerprint density at radius 1 is 0.900 bits per heavy atom. The van der Waals surface area contributed by atoms with Gasteiger partial charge in [-0.25, -0.2) is 0 Å². The lowest BCUT2D eigenvalue weighted by molar-refractivity contribution is 0.100. The highest BCUT2D eigenvalue weighted by Crippen LogP contribution is 2.46. The number of terminal acetylenes is 1. The number of benzene rings is 3. The Labute approximate surface area is 247 Å². The predicted octanol–water partition coefficient (Wildman–Crippen LogP) is 6.15. The quantitative estimate of drug-likeness (QED) is 0.167. The van der Waals surface area contributed by atoms with E-state index in [9.17, 15) is 0 Å². The lowest BCUT2D eigenvalue weighted by atomic mass is 10.0. The largest absolute Gasteiger partial charge is 0.493 e. The molecule has 7 nitrogen and oxygen atoms in total. The number of fused-ring (bicyclic) bond motifs is 5. The molecular weight excluding hydrogens is 547 g/mol. The summed E-state index contributed by atoms with van der Waals surface area (Å²) in [5, 5.41) is 5.74. The number of ether oxygens (including phenoxy) is 2. The van der Waals surface area contributed by atoms with Gasteiger partial charge in [0.05, 0.1) is 19.9 Å². The minimum absolute atomic E-state index is 0. The molecule has 1 unspecified atom stereocenters. The highest BCUT2D eigenvalue weighted by molar-refractivity contribution is 6.30. The molecule has 0 radical (unpaired) electrons. The molecule has 0 fully saturated rings. The molecule has 4 aromatic rings. The van der Waals surface area contributed by atoms with Crippen LogP contribution in [0.4, 0.5) is 5.69 Å². The molecule has 0 bridgehead atoms. The van der Waals surface area contributed by atoms with E-state index in [0.717, 1.165) is 57.6 Å². The fraction of sp³-hybridized carbons (Fsp3) is 0.258. The molecule has 0 aliphatic heterocycles. The first-order chi connectivity index (χ1) is 18.4. The summed E-state index contributed by atoms with van der Waals surface area (Å²) in [5.41, 5.74) is 7.50. The molecule has 1 N–H and O–H groups in total. The van der Waals surface area contributed by atoms with Crippen molar-refractivity contribution in [1.82, 2.24) is 9.88 Å². The van der Waals surface area contributed by atoms with E-state index in [-0.39, 0.29) is 24.8 Å². The van der Waals surface area contributed by atoms with E-state index < -0.39 is 6.10 Å². The number of H-pyrrole nitrogens is 1. The number of rotatable bonds is 9. The van der Waals surface area contributed by atoms with Crippen LogP contribution in [-0.4, -0.2) is 64.0 Å². The van der Waals surface area contributed by atoms with Gasteiger partial charge in [0.15, 0.2) is 11.5 Å². The van der Waals surface area contributed by atoms with Crippen LogP contribution < -0.4 is 14.4 Å². The Kier molecular flexibility index (Phi) is 9.99. The Morgan fingerprint density at radius 3 is 2.20 bits per heavy atom. The Hall–Kier alpha value is -3.83. The Balaban J connectivity index is 0.00000220. The van der Waals surface area contributed by atoms with Crippen molar-refractivity contribution in [2.45, 2.75) is 6.10 Å². The first kappa shape index (κ1) is 30.7. The summed E-state index contributed by atoms with van der Waals surface area (Å²) >= 11 is 0. The molecule has 0 saturated carbocycles. The minimum atomic E-state index is -0.616. The van der Waals surface area contributed by atoms with E-state index in [1.54, 1.807) is 14.2 Å². The van der Waals surface area contributed by atoms with Crippen molar-refractivity contribution in [3.05, 3.63) is 77.4 Å². The summed E-state index contributed by atoms with van der Waals surface area (Å²) in [6.45, 7) is 1.86. The molecule has 0 amide bonds. The maximum atomic E-state index is 6.02. The van der Waals surface area contributed by atoms with Gasteiger partial charge in [-0.15, -0.1) is 31.2 Å². The molecule has 1 heterocycles. The van der Waals surface area contributed by atoms with E-state index in [1.807, 2.05) is 42.5 Å². The summed E-state index contributed by atoms with van der Waals surface area (Å²) < 4.78 is 11.2. The minimum Gasteiger partial charge on any atom is -0.493 e. The van der Waals surface area contributed by atoms with Crippen LogP contribution in [0.25, 0.3) is 22.2 Å². The fourth-order valence-corrected chi connectivity index (χ4v) is 4.78. The van der Waals surface area contributed by atoms with Crippen molar-refractivity contribution in [2.24, 2.45) is 5.16 Å². The fourth-order valence-electron chi connectivity index (χ4n) is 4.78. The number of oxime groups is 1. The van der Waals surface area contributed by atoms with Crippen molar-refractivity contribution in [2.75, 3.05) is 53.4 Å². The molecule has 3 aromatic carbocycles. The van der Waals surface area contributed by atoms with Gasteiger partial charge in [-0.05, 0) is 44.4 Å². The van der Waals surface area contributed by atoms with Gasteiger partial charge in [-0.2, -0.15) is 0 Å². The number of aromatic amines is 1. The first-order valence-corrected chi connectivity index (χ1v) is 12.5. The molecule has 9 heteroatoms. The molecule has 210 valence electrons. The zero-order valence-corrected chi connectivity index (χ0v) is 24.9. The third-order valence-corrected chi connectivity index (χ3v) is 6.89. The molecule has 1 aliphatic rings. The third-order valence-electron chi connectivity index (χ3n) is 6.89. The monoisotopic (exact) mass is 580 g/mol. The van der Waals surface area contributed by atoms with E-state index in [4.69, 9.17) is 20.7 Å². The van der Waals surface area contributed by atoms with Crippen molar-refractivity contribution >= 4 is 47.1 Å². The Morgan fingerprint density at radius 2 is 1.57 bits per heavy atom. The second-order valence-electron chi connectivity index (χ2n) is 9.59. The number of hydrogen-bond donors (Lipinski definition) is 1. The van der Waals surface area contributed by atoms with E-state index in [0.29, 0.717) is 17.2 Å². The van der Waals surface area contributed by atoms with Gasteiger partial charge in [-0.1, -0.05) is 41.4 Å². The van der Waals surface area contributed by atoms with Gasteiger partial charge in [0, 0.05) is 59.0 Å². The van der Waals surface area contributed by atoms with E-state index >= 15 is 0 Å². The standard InChI is InChI=1S/C31H32N4O3.2ClH/c1-7-26(20-11-9-8-10-12-20)38-33-31-23-19-28(37-6)27(36-5)18-22(23)30-29(31)24-17-21(13-14-25(24)32-30)35(4)16-15-34(2)3;;/h1,8-14,17-19,26,32H,15-16H2,2-6H3;2*1H/b33-31-;;. The number of hydrogen-bond acceptors (Lipinski definition) is 6. The van der Waals surface area contributed by atoms with Gasteiger partial charge in [0.2, 0.25) is 6.10 Å². The van der Waals surface area contributed by atoms with Crippen molar-refractivity contribution in [3.8, 4) is 35.1 Å². The van der Waals surface area contributed by atoms with E-state index in [2.05, 4.69) is 65.2 Å². The van der Waals surface area contributed by atoms with Gasteiger partial charge in [0.1, 0.15) is 5.71 Å². The van der Waals surface area contributed by atoms with Crippen LogP contribution in [-0.2, 0) is 4.84 Å². The molecule has 40 heavy (non-hydrogen) atoms. The molecule has 0 spiro atoms. The average Bonchev–Trinajstić information content (AvgIpc) is 3.45. The third kappa shape index (κ3) is 5.71. The number of nitrogens with one attached hydrogen (secondary N) is 1. The Bertz CT molecular complexity index is 1540. The summed E-state index contributed by atoms with van der Waals surface area (Å²) in [4.78, 5) is 14.0. The topological polar surface area (TPSA) is 62.3 Å². The van der Waals surface area contributed by atoms with Crippen molar-refractivity contribution in [1.29, 1.82) is 0 Å². The molecule has 1 aliphatic carbocycles. The summed E-state index contributed by atoms with van der Waals surface area (Å²) in [6, 6.07) is 20.1. The van der Waals surface area contributed by atoms with Crippen LogP contribution in [0.3, 0.4) is 0 Å². The lowest BCUT2D eigenvalue weighted by Crippen LogP contribution is -2.28. The summed E-state index contributed by atoms with van der Waals surface area (Å²) in [5.74, 6) is 3.98. The number of methoxy groups -OCH3 is 2. The van der Waals surface area contributed by atoms with Gasteiger partial charge >= 0.3 is 0 Å². The molecule has 0 saturated heterocycles. The van der Waals surface area contributed by atoms with Gasteiger partial charge < -0.3 is 29.1 Å². The van der Waals surface area contributed by atoms with Crippen LogP contribution in [0.15, 0.2) is 65.8 Å². The highest BCUT2D eigenvalue weighted by atomic mass is 35.5. The molecular formula is C31H34Cl2N4O3. The second-order valence-corrected chi connectivity index (χ2v) is 9.59. The molecule has 1 aromatic heterocycles. The van der Waals surface area contributed by atoms with E-state index in [1.165, 1.54) is 0 Å². The second kappa shape index (κ2) is 13.0. The van der Waals surface area contributed by atoms with Crippen LogP contribution in [0.2, 0.25) is 0 Å². The van der Waals surface area contributed by atoms with Crippen LogP contribution in [0, 0.1) is 12.3 Å². The van der Waals surface area contributed by atoms with Crippen molar-refractivity contribution in [3.63, 3.8) is 0 Å². The SMILES string of the molecule is C#CC(O/N=C1/c2cc(OC)c(OC)cc2-c2[nH]c3ccc(N(C)CCN(C)C)cc3c21)c1ccccc1.Cl.Cl. The highest BCUT2D eigenvalue weighted by Gasteiger charge is 2.32. The number of nitrogens with zero attached hydrogens (tertiary/aromatic N) is 3. The van der Waals surface area contributed by atoms with Crippen molar-refractivity contribution < 1.29 is 14.3 Å². The van der Waals surface area contributed by atoms with Crippen LogP contribution >= 0.6 is 24.8 Å². The van der Waals surface area contributed by atoms with Gasteiger partial charge in [-0.3, -0.25) is 0 Å². The lowest BCUT2D eigenvalue weighted by Gasteiger charge is -2.21. The number of aromatic nitrogens is 1. The maximum Gasteiger partial charge on any atom is 0.212 e. The normalized spacial score (nSPS) is 13.1. The zero-order chi connectivity index (χ0) is 26.8. The molecule has 5 rings (SSSR count). The average molecular weight is 582 g/mol. The smallest absolute Gasteiger partial charge is 0.212 e. The zero-order valence-electron chi connectivity index (χ0n) is 23.2. The number of halogens is 2. The van der Waals surface area contributed by atoms with Crippen LogP contribution in [0.5, 0.6) is 11.5 Å². The van der Waals surface area contributed by atoms with Gasteiger partial charge in [0.25, 0.3) is 0 Å². The summed E-state index contributed by atoms with van der Waals surface area (Å²) in [7, 11) is 9.53. The number of likely N-dealkylation sites (N-methyl/N-ethyl adjacent to an activating group) is 2. The van der Waals surface area contributed by atoms with Crippen LogP contribution in [0.1, 0.15) is 22.8 Å². The predicted molar refractivity (Wildman–Crippen MR) is 168 cm³/mol. The summed E-state index contributed by atoms with van der Waals surface area (Å²) in [6.07, 6.45) is 5.22. The first-order valence-electron chi connectivity index (χ1n) is 12.5. The number of anilines is 1.